The SMILES string of the molecule is C1CC(C2CCNCC2)CCN1.CSc1nnc(-c2cccc(Cl)c2Cl)c(N)n1.NNC(N)=S.Nc1nc(=S)[nH]nc1-c1cccc(Cl)c1Cl.Nc1nc(N2CCC(C3CCN(c4nnc(-c5cccc(Cl)c5Cl)c(N)n4)CC3)CC2)nnc1-c1cccc(Cl)c1Cl.Nc1nnc(-c2cccc(Cl)c2Cl)c(N)n1.[C-]#[N+]C(=O)c1cccc(Cl)c1Cl. The third-order valence-corrected chi connectivity index (χ3v) is 24.7. The van der Waals surface area contributed by atoms with Gasteiger partial charge >= 0.3 is 5.91 Å². The first-order valence-electron chi connectivity index (χ1n) is 36.3. The van der Waals surface area contributed by atoms with Gasteiger partial charge in [-0.2, -0.15) is 29.9 Å². The number of hydrogen-bond donors (Lipinski definition) is 12. The number of piperidine rings is 4. The van der Waals surface area contributed by atoms with Gasteiger partial charge in [0.1, 0.15) is 28.5 Å². The monoisotopic (exact) mass is 1920 g/mol. The molecule has 0 bridgehead atoms. The highest BCUT2D eigenvalue weighted by atomic mass is 35.5. The smallest absolute Gasteiger partial charge is 0.382 e. The van der Waals surface area contributed by atoms with Crippen LogP contribution >= 0.6 is 175 Å². The molecule has 6 aromatic carbocycles. The zero-order valence-corrected chi connectivity index (χ0v) is 74.9. The van der Waals surface area contributed by atoms with Crippen LogP contribution in [0.1, 0.15) is 61.7 Å². The standard InChI is InChI=1S/C28H28Cl4N10.C10H8Cl2N4S.C10H20N2.C9H7Cl2N5.C9H6Cl2N4S.C8H3Cl2NO.CH5N3S/c29-19-5-1-3-17(21(19)31)23-25(33)35-27(39-37-23)41-11-7-15(8-12-41)16-9-13-42(14-10-16)28-36-26(34)24(38-40-28)18-4-2-6-20(30)22(18)32;1-17-10-14-9(13)8(15-16-10)5-3-2-4-6(11)7(5)12;1-5-11-6-2-9(1)10-3-7-12-8-4-10;10-5-3-1-2-4(6(5)11)7-8(12)14-9(13)16-15-7;10-5-3-1-2-4(6(5)11)7-8(12)13-9(16)15-14-7;1-11-8(12)5-3-2-4-6(9)7(5)10;2-1(5)4-3/h1-6,15-16H,7-14H2,(H2,33,35,39)(H2,34,36,40);2-4H,1H3,(H2,13,14,16);9-12H,1-8H2;1-3H,(H4,12,13,14,16);1-3H,(H3,12,13,15,16);2-4H;3H2,(H3,2,4,5). The second kappa shape index (κ2) is 46.7. The molecule has 120 heavy (non-hydrogen) atoms. The molecule has 4 saturated heterocycles. The molecule has 15 rings (SSSR count). The number of amides is 1. The number of anilines is 8. The van der Waals surface area contributed by atoms with Crippen LogP contribution in [0.25, 0.3) is 61.1 Å². The summed E-state index contributed by atoms with van der Waals surface area (Å²) < 4.78 is 0.222. The maximum absolute atomic E-state index is 10.9. The quantitative estimate of drug-likeness (QED) is 0.0188. The average Bonchev–Trinajstić information content (AvgIpc) is 0.811. The van der Waals surface area contributed by atoms with Crippen LogP contribution in [0.2, 0.25) is 60.3 Å². The van der Waals surface area contributed by atoms with Crippen LogP contribution in [0.5, 0.6) is 0 Å². The van der Waals surface area contributed by atoms with E-state index in [4.69, 9.17) is 198 Å². The summed E-state index contributed by atoms with van der Waals surface area (Å²) in [5.74, 6) is 9.58. The highest BCUT2D eigenvalue weighted by molar-refractivity contribution is 7.98. The molecule has 9 heterocycles. The number of nitrogen functional groups attached to an aromatic ring is 6. The van der Waals surface area contributed by atoms with E-state index in [0.717, 1.165) is 63.7 Å². The summed E-state index contributed by atoms with van der Waals surface area (Å²) in [6.07, 6.45) is 11.7. The predicted molar refractivity (Wildman–Crippen MR) is 495 cm³/mol. The molecule has 4 aliphatic rings. The molecular weight excluding hydrogens is 1840 g/mol. The van der Waals surface area contributed by atoms with Crippen LogP contribution in [0.15, 0.2) is 114 Å². The molecular formula is C75H77Cl12N29OS3. The van der Waals surface area contributed by atoms with Gasteiger partial charge in [-0.05, 0) is 168 Å². The summed E-state index contributed by atoms with van der Waals surface area (Å²) >= 11 is 82.6. The van der Waals surface area contributed by atoms with Crippen molar-refractivity contribution >= 4 is 233 Å². The molecule has 20 N–H and O–H groups in total. The van der Waals surface area contributed by atoms with Crippen molar-refractivity contribution in [2.24, 2.45) is 35.2 Å². The Labute approximate surface area is 765 Å². The molecule has 4 fully saturated rings. The number of halogens is 12. The fourth-order valence-corrected chi connectivity index (χ4v) is 15.7. The maximum Gasteiger partial charge on any atom is 0.387 e. The number of hydrogen-bond acceptors (Lipinski definition) is 29. The van der Waals surface area contributed by atoms with Crippen molar-refractivity contribution in [2.75, 3.05) is 103 Å². The number of nitrogens with one attached hydrogen (secondary N) is 4. The third kappa shape index (κ3) is 26.1. The highest BCUT2D eigenvalue weighted by Crippen LogP contribution is 2.42. The Morgan fingerprint density at radius 1 is 0.442 bits per heavy atom. The number of rotatable bonds is 11. The molecule has 4 aliphatic heterocycles. The van der Waals surface area contributed by atoms with E-state index in [2.05, 4.69) is 119 Å². The van der Waals surface area contributed by atoms with Gasteiger partial charge in [-0.1, -0.05) is 224 Å². The van der Waals surface area contributed by atoms with E-state index in [0.29, 0.717) is 135 Å². The van der Waals surface area contributed by atoms with Gasteiger partial charge in [0.25, 0.3) is 0 Å². The number of nitrogens with zero attached hydrogens (tertiary/aromatic N) is 17. The van der Waals surface area contributed by atoms with E-state index < -0.39 is 5.91 Å². The molecule has 0 saturated carbocycles. The van der Waals surface area contributed by atoms with Gasteiger partial charge in [0.2, 0.25) is 27.8 Å². The summed E-state index contributed by atoms with van der Waals surface area (Å²) in [7, 11) is 0. The number of nitrogens with two attached hydrogens (primary N) is 8. The van der Waals surface area contributed by atoms with Gasteiger partial charge in [-0.15, -0.1) is 40.8 Å². The number of hydrazine groups is 1. The normalized spacial score (nSPS) is 14.2. The Balaban J connectivity index is 0.000000175. The topological polar surface area (TPSA) is 468 Å². The van der Waals surface area contributed by atoms with Gasteiger partial charge in [0.15, 0.2) is 34.2 Å². The van der Waals surface area contributed by atoms with Gasteiger partial charge in [-0.3, -0.25) is 5.10 Å². The zero-order valence-electron chi connectivity index (χ0n) is 63.4. The minimum atomic E-state index is -0.692. The summed E-state index contributed by atoms with van der Waals surface area (Å²) in [6, 6.07) is 30.8. The Kier molecular flexibility index (Phi) is 37.1. The van der Waals surface area contributed by atoms with E-state index in [1.54, 1.807) is 103 Å². The van der Waals surface area contributed by atoms with Crippen molar-refractivity contribution < 1.29 is 4.79 Å². The molecule has 630 valence electrons. The molecule has 5 aromatic heterocycles. The number of thiocarbonyl (C=S) groups is 1. The van der Waals surface area contributed by atoms with Crippen LogP contribution < -0.4 is 71.8 Å². The molecule has 30 nitrogen and oxygen atoms in total. The second-order valence-electron chi connectivity index (χ2n) is 26.4. The Hall–Kier alpha value is -8.45. The molecule has 1 amide bonds. The van der Waals surface area contributed by atoms with Crippen LogP contribution in [0.4, 0.5) is 46.9 Å². The fraction of sp³-hybridized carbons (Fsp3) is 0.280. The first-order valence-corrected chi connectivity index (χ1v) is 42.9. The zero-order chi connectivity index (χ0) is 86.9. The van der Waals surface area contributed by atoms with Gasteiger partial charge in [0, 0.05) is 59.6 Å². The molecule has 0 aliphatic carbocycles. The predicted octanol–water partition coefficient (Wildman–Crippen LogP) is 17.3. The van der Waals surface area contributed by atoms with Gasteiger partial charge < -0.3 is 70.8 Å². The molecule has 45 heteroatoms. The van der Waals surface area contributed by atoms with Crippen molar-refractivity contribution in [2.45, 2.75) is 56.5 Å². The minimum Gasteiger partial charge on any atom is -0.382 e. The number of benzene rings is 6. The van der Waals surface area contributed by atoms with Crippen molar-refractivity contribution in [3.8, 4) is 56.3 Å². The number of aromatic nitrogens is 15. The second-order valence-corrected chi connectivity index (χ2v) is 32.7. The van der Waals surface area contributed by atoms with Gasteiger partial charge in [-0.25, -0.2) is 10.8 Å². The number of thioether (sulfide) groups is 1. The molecule has 0 atom stereocenters. The lowest BCUT2D eigenvalue weighted by Crippen LogP contribution is -2.42. The Bertz CT molecular complexity index is 5350. The Morgan fingerprint density at radius 2 is 0.750 bits per heavy atom. The van der Waals surface area contributed by atoms with Crippen molar-refractivity contribution in [1.29, 1.82) is 0 Å². The first-order chi connectivity index (χ1) is 57.5. The van der Waals surface area contributed by atoms with E-state index in [-0.39, 0.29) is 60.5 Å². The highest BCUT2D eigenvalue weighted by Gasteiger charge is 2.33. The van der Waals surface area contributed by atoms with Crippen LogP contribution in [0.3, 0.4) is 0 Å². The van der Waals surface area contributed by atoms with E-state index in [9.17, 15) is 4.79 Å². The van der Waals surface area contributed by atoms with E-state index >= 15 is 0 Å². The fourth-order valence-electron chi connectivity index (χ4n) is 12.9. The van der Waals surface area contributed by atoms with Crippen LogP contribution in [-0.4, -0.2) is 146 Å². The summed E-state index contributed by atoms with van der Waals surface area (Å²) in [5.41, 5.74) is 47.2. The lowest BCUT2D eigenvalue weighted by Gasteiger charge is -2.40. The van der Waals surface area contributed by atoms with Crippen molar-refractivity contribution in [3.63, 3.8) is 0 Å². The molecule has 11 aromatic rings. The molecule has 0 unspecified atom stereocenters. The minimum absolute atomic E-state index is 0.0133. The van der Waals surface area contributed by atoms with Crippen molar-refractivity contribution in [3.05, 3.63) is 191 Å². The number of H-pyrrole nitrogens is 1. The van der Waals surface area contributed by atoms with E-state index in [1.165, 1.54) is 69.7 Å². The van der Waals surface area contributed by atoms with E-state index in [1.807, 2.05) is 11.7 Å². The lowest BCUT2D eigenvalue weighted by molar-refractivity contribution is 0.104. The number of carbonyl (C=O) groups is 1. The Morgan fingerprint density at radius 3 is 1.07 bits per heavy atom. The lowest BCUT2D eigenvalue weighted by atomic mass is 9.79. The maximum atomic E-state index is 10.9. The first kappa shape index (κ1) is 95.4. The molecule has 0 radical (unpaired) electrons. The summed E-state index contributed by atoms with van der Waals surface area (Å²) in [4.78, 5) is 38.8. The largest absolute Gasteiger partial charge is 0.387 e. The summed E-state index contributed by atoms with van der Waals surface area (Å²) in [6.45, 7) is 14.9. The molecule has 0 spiro atoms. The average molecular weight is 1920 g/mol. The third-order valence-electron chi connectivity index (χ3n) is 18.9. The van der Waals surface area contributed by atoms with Gasteiger partial charge in [0.05, 0.1) is 66.8 Å². The van der Waals surface area contributed by atoms with Crippen LogP contribution in [0, 0.1) is 35.0 Å². The summed E-state index contributed by atoms with van der Waals surface area (Å²) in [5, 5.41) is 51.4. The number of carbonyl (C=O) groups excluding carboxylic acids is 1. The number of aromatic amines is 1. The van der Waals surface area contributed by atoms with Crippen LogP contribution in [-0.2, 0) is 0 Å². The van der Waals surface area contributed by atoms with Crippen molar-refractivity contribution in [1.82, 2.24) is 92.0 Å².